The first-order valence-corrected chi connectivity index (χ1v) is 9.60. The molecule has 2 heterocycles. The van der Waals surface area contributed by atoms with Crippen LogP contribution in [-0.4, -0.2) is 42.6 Å². The molecule has 0 spiro atoms. The summed E-state index contributed by atoms with van der Waals surface area (Å²) in [6.45, 7) is 6.20. The molecule has 29 heavy (non-hydrogen) atoms. The van der Waals surface area contributed by atoms with Crippen LogP contribution in [0.25, 0.3) is 0 Å². The highest BCUT2D eigenvalue weighted by Crippen LogP contribution is 2.33. The largest absolute Gasteiger partial charge is 0.444 e. The third-order valence-corrected chi connectivity index (χ3v) is 4.93. The van der Waals surface area contributed by atoms with Crippen LogP contribution in [-0.2, 0) is 14.3 Å². The monoisotopic (exact) mass is 409 g/mol. The molecule has 2 aliphatic rings. The molecule has 0 saturated carbocycles. The number of rotatable bonds is 3. The number of carbonyl (C=O) groups excluding carboxylic acids is 3. The number of amides is 3. The van der Waals surface area contributed by atoms with E-state index < -0.39 is 41.1 Å². The van der Waals surface area contributed by atoms with Crippen molar-refractivity contribution in [3.63, 3.8) is 0 Å². The molecule has 2 saturated heterocycles. The smallest absolute Gasteiger partial charge is 0.407 e. The van der Waals surface area contributed by atoms with E-state index in [-0.39, 0.29) is 24.4 Å². The van der Waals surface area contributed by atoms with E-state index >= 15 is 0 Å². The number of carbonyl (C=O) groups is 3. The SMILES string of the molecule is CC(C)(C)OC(=O)N[C@@H]1CCN(c2cc(F)c(C3CCC(=O)NC3=O)c(F)c2)C1. The normalized spacial score (nSPS) is 22.4. The van der Waals surface area contributed by atoms with Crippen LogP contribution in [0, 0.1) is 11.6 Å². The minimum atomic E-state index is -1.03. The van der Waals surface area contributed by atoms with Crippen molar-refractivity contribution < 1.29 is 27.9 Å². The van der Waals surface area contributed by atoms with Crippen molar-refractivity contribution >= 4 is 23.6 Å². The summed E-state index contributed by atoms with van der Waals surface area (Å²) < 4.78 is 34.6. The van der Waals surface area contributed by atoms with Gasteiger partial charge in [0, 0.05) is 30.8 Å². The number of benzene rings is 1. The number of imide groups is 1. The number of nitrogens with zero attached hydrogens (tertiary/aromatic N) is 1. The van der Waals surface area contributed by atoms with Crippen molar-refractivity contribution in [3.8, 4) is 0 Å². The Kier molecular flexibility index (Phi) is 5.77. The number of halogens is 2. The molecule has 2 atom stereocenters. The Morgan fingerprint density at radius 2 is 1.86 bits per heavy atom. The van der Waals surface area contributed by atoms with Gasteiger partial charge in [-0.15, -0.1) is 0 Å². The minimum absolute atomic E-state index is 0.0428. The Labute approximate surface area is 167 Å². The van der Waals surface area contributed by atoms with E-state index in [4.69, 9.17) is 4.74 Å². The maximum Gasteiger partial charge on any atom is 0.407 e. The van der Waals surface area contributed by atoms with Crippen LogP contribution >= 0.6 is 0 Å². The molecule has 2 N–H and O–H groups in total. The molecule has 1 aromatic rings. The number of piperidine rings is 1. The molecule has 158 valence electrons. The first-order valence-electron chi connectivity index (χ1n) is 9.60. The Morgan fingerprint density at radius 1 is 1.21 bits per heavy atom. The summed E-state index contributed by atoms with van der Waals surface area (Å²) in [6.07, 6.45) is 0.192. The Bertz CT molecular complexity index is 815. The number of ether oxygens (including phenoxy) is 1. The van der Waals surface area contributed by atoms with Crippen LogP contribution in [0.2, 0.25) is 0 Å². The molecule has 0 radical (unpaired) electrons. The minimum Gasteiger partial charge on any atom is -0.444 e. The van der Waals surface area contributed by atoms with E-state index in [0.717, 1.165) is 0 Å². The molecule has 1 unspecified atom stereocenters. The topological polar surface area (TPSA) is 87.7 Å². The maximum absolute atomic E-state index is 14.7. The lowest BCUT2D eigenvalue weighted by atomic mass is 9.89. The highest BCUT2D eigenvalue weighted by atomic mass is 19.1. The van der Waals surface area contributed by atoms with Crippen LogP contribution < -0.4 is 15.5 Å². The van der Waals surface area contributed by atoms with Crippen molar-refractivity contribution in [1.82, 2.24) is 10.6 Å². The molecule has 2 aliphatic heterocycles. The number of anilines is 1. The average molecular weight is 409 g/mol. The van der Waals surface area contributed by atoms with Gasteiger partial charge in [-0.25, -0.2) is 13.6 Å². The van der Waals surface area contributed by atoms with Crippen molar-refractivity contribution in [2.45, 2.75) is 57.6 Å². The van der Waals surface area contributed by atoms with Crippen molar-refractivity contribution in [3.05, 3.63) is 29.3 Å². The molecule has 7 nitrogen and oxygen atoms in total. The van der Waals surface area contributed by atoms with Gasteiger partial charge >= 0.3 is 6.09 Å². The third kappa shape index (κ3) is 5.02. The molecule has 9 heteroatoms. The fourth-order valence-electron chi connectivity index (χ4n) is 3.64. The number of alkyl carbamates (subject to hydrolysis) is 1. The van der Waals surface area contributed by atoms with Gasteiger partial charge in [-0.1, -0.05) is 0 Å². The Balaban J connectivity index is 1.69. The second-order valence-electron chi connectivity index (χ2n) is 8.40. The van der Waals surface area contributed by atoms with Gasteiger partial charge < -0.3 is 15.0 Å². The van der Waals surface area contributed by atoms with Gasteiger partial charge in [0.1, 0.15) is 17.2 Å². The van der Waals surface area contributed by atoms with Crippen LogP contribution in [0.5, 0.6) is 0 Å². The average Bonchev–Trinajstić information content (AvgIpc) is 3.02. The predicted octanol–water partition coefficient (Wildman–Crippen LogP) is 2.59. The first kappa shape index (κ1) is 21.0. The van der Waals surface area contributed by atoms with E-state index in [0.29, 0.717) is 25.2 Å². The summed E-state index contributed by atoms with van der Waals surface area (Å²) in [6, 6.07) is 2.18. The highest BCUT2D eigenvalue weighted by Gasteiger charge is 2.33. The quantitative estimate of drug-likeness (QED) is 0.750. The molecule has 2 fully saturated rings. The summed E-state index contributed by atoms with van der Waals surface area (Å²) in [5.74, 6) is -3.79. The number of hydrogen-bond acceptors (Lipinski definition) is 5. The van der Waals surface area contributed by atoms with Crippen molar-refractivity contribution in [1.29, 1.82) is 0 Å². The summed E-state index contributed by atoms with van der Waals surface area (Å²) in [7, 11) is 0. The molecule has 3 rings (SSSR count). The van der Waals surface area contributed by atoms with Crippen LogP contribution in [0.15, 0.2) is 12.1 Å². The molecular formula is C20H25F2N3O4. The van der Waals surface area contributed by atoms with E-state index in [1.807, 2.05) is 0 Å². The fraction of sp³-hybridized carbons (Fsp3) is 0.550. The summed E-state index contributed by atoms with van der Waals surface area (Å²) >= 11 is 0. The van der Waals surface area contributed by atoms with Crippen LogP contribution in [0.4, 0.5) is 19.3 Å². The molecular weight excluding hydrogens is 384 g/mol. The lowest BCUT2D eigenvalue weighted by molar-refractivity contribution is -0.134. The fourth-order valence-corrected chi connectivity index (χ4v) is 3.64. The highest BCUT2D eigenvalue weighted by molar-refractivity contribution is 6.01. The lowest BCUT2D eigenvalue weighted by Gasteiger charge is -2.24. The number of hydrogen-bond donors (Lipinski definition) is 2. The van der Waals surface area contributed by atoms with Gasteiger partial charge in [-0.3, -0.25) is 14.9 Å². The molecule has 1 aromatic carbocycles. The maximum atomic E-state index is 14.7. The molecule has 3 amide bonds. The Hall–Kier alpha value is -2.71. The zero-order valence-corrected chi connectivity index (χ0v) is 16.7. The predicted molar refractivity (Wildman–Crippen MR) is 101 cm³/mol. The third-order valence-electron chi connectivity index (χ3n) is 4.93. The second-order valence-corrected chi connectivity index (χ2v) is 8.40. The van der Waals surface area contributed by atoms with Gasteiger partial charge in [0.25, 0.3) is 0 Å². The lowest BCUT2D eigenvalue weighted by Crippen LogP contribution is -2.40. The zero-order chi connectivity index (χ0) is 21.3. The summed E-state index contributed by atoms with van der Waals surface area (Å²) in [5, 5.41) is 4.88. The standard InChI is InChI=1S/C20H25F2N3O4/c1-20(2,3)29-19(28)23-11-6-7-25(10-11)12-8-14(21)17(15(22)9-12)13-4-5-16(26)24-18(13)27/h8-9,11,13H,4-7,10H2,1-3H3,(H,23,28)(H,24,26,27)/t11-,13?/m1/s1. The van der Waals surface area contributed by atoms with E-state index in [1.54, 1.807) is 25.7 Å². The van der Waals surface area contributed by atoms with Gasteiger partial charge in [-0.2, -0.15) is 0 Å². The van der Waals surface area contributed by atoms with E-state index in [9.17, 15) is 23.2 Å². The molecule has 0 aliphatic carbocycles. The Morgan fingerprint density at radius 3 is 2.45 bits per heavy atom. The summed E-state index contributed by atoms with van der Waals surface area (Å²) in [5.41, 5.74) is -0.591. The molecule has 0 aromatic heterocycles. The first-order chi connectivity index (χ1) is 13.5. The van der Waals surface area contributed by atoms with Gasteiger partial charge in [-0.05, 0) is 45.7 Å². The van der Waals surface area contributed by atoms with E-state index in [2.05, 4.69) is 10.6 Å². The summed E-state index contributed by atoms with van der Waals surface area (Å²) in [4.78, 5) is 36.9. The van der Waals surface area contributed by atoms with E-state index in [1.165, 1.54) is 12.1 Å². The van der Waals surface area contributed by atoms with Gasteiger partial charge in [0.2, 0.25) is 11.8 Å². The second kappa shape index (κ2) is 7.96. The van der Waals surface area contributed by atoms with Crippen LogP contribution in [0.3, 0.4) is 0 Å². The van der Waals surface area contributed by atoms with Crippen molar-refractivity contribution in [2.75, 3.05) is 18.0 Å². The van der Waals surface area contributed by atoms with Gasteiger partial charge in [0.05, 0.1) is 12.0 Å². The van der Waals surface area contributed by atoms with Gasteiger partial charge in [0.15, 0.2) is 0 Å². The molecule has 0 bridgehead atoms. The zero-order valence-electron chi connectivity index (χ0n) is 16.7. The van der Waals surface area contributed by atoms with Crippen LogP contribution in [0.1, 0.15) is 51.5 Å². The van der Waals surface area contributed by atoms with Crippen molar-refractivity contribution in [2.24, 2.45) is 0 Å². The number of nitrogens with one attached hydrogen (secondary N) is 2.